The minimum atomic E-state index is -0.337. The van der Waals surface area contributed by atoms with Gasteiger partial charge in [0.1, 0.15) is 0 Å². The highest BCUT2D eigenvalue weighted by molar-refractivity contribution is 6.02. The maximum atomic E-state index is 13.0. The molecule has 0 amide bonds. The van der Waals surface area contributed by atoms with Crippen molar-refractivity contribution in [2.24, 2.45) is 11.3 Å². The zero-order valence-electron chi connectivity index (χ0n) is 12.7. The van der Waals surface area contributed by atoms with Crippen LogP contribution in [0.4, 0.5) is 0 Å². The number of Topliss-reactive ketones (excluding diaryl/α,β-unsaturated/α-hetero) is 1. The summed E-state index contributed by atoms with van der Waals surface area (Å²) in [6.07, 6.45) is 4.05. The summed E-state index contributed by atoms with van der Waals surface area (Å²) in [5.41, 5.74) is 1.33. The molecule has 1 fully saturated rings. The highest BCUT2D eigenvalue weighted by Gasteiger charge is 2.37. The second-order valence-electron chi connectivity index (χ2n) is 6.50. The van der Waals surface area contributed by atoms with Crippen LogP contribution in [0, 0.1) is 11.3 Å². The van der Waals surface area contributed by atoms with Crippen LogP contribution < -0.4 is 5.32 Å². The van der Waals surface area contributed by atoms with E-state index in [-0.39, 0.29) is 11.2 Å². The highest BCUT2D eigenvalue weighted by Crippen LogP contribution is 2.35. The van der Waals surface area contributed by atoms with E-state index in [9.17, 15) is 4.79 Å². The van der Waals surface area contributed by atoms with Crippen molar-refractivity contribution in [1.82, 2.24) is 10.3 Å². The van der Waals surface area contributed by atoms with E-state index in [1.165, 1.54) is 0 Å². The monoisotopic (exact) mass is 282 g/mol. The summed E-state index contributed by atoms with van der Waals surface area (Å²) >= 11 is 0. The van der Waals surface area contributed by atoms with Crippen molar-refractivity contribution in [3.63, 3.8) is 0 Å². The normalized spacial score (nSPS) is 19.6. The second-order valence-corrected chi connectivity index (χ2v) is 6.50. The molecular weight excluding hydrogens is 260 g/mol. The van der Waals surface area contributed by atoms with Gasteiger partial charge in [0.15, 0.2) is 5.78 Å². The van der Waals surface area contributed by atoms with Crippen LogP contribution in [0.2, 0.25) is 0 Å². The smallest absolute Gasteiger partial charge is 0.168 e. The summed E-state index contributed by atoms with van der Waals surface area (Å²) < 4.78 is 0. The minimum Gasteiger partial charge on any atom is -0.316 e. The van der Waals surface area contributed by atoms with Gasteiger partial charge >= 0.3 is 0 Å². The minimum absolute atomic E-state index is 0.226. The average Bonchev–Trinajstić information content (AvgIpc) is 2.54. The number of nitrogens with one attached hydrogen (secondary N) is 1. The molecule has 1 N–H and O–H groups in total. The first-order chi connectivity index (χ1) is 10.1. The summed E-state index contributed by atoms with van der Waals surface area (Å²) in [6, 6.07) is 9.79. The van der Waals surface area contributed by atoms with Crippen LogP contribution in [0.25, 0.3) is 10.9 Å². The van der Waals surface area contributed by atoms with Gasteiger partial charge in [0.05, 0.1) is 5.52 Å². The SMILES string of the molecule is CC(C)(C(=O)c1ccc2cccnc2c1)C1CCCNC1. The van der Waals surface area contributed by atoms with E-state index in [0.717, 1.165) is 42.4 Å². The number of piperidine rings is 1. The lowest BCUT2D eigenvalue weighted by Gasteiger charge is -2.36. The fourth-order valence-electron chi connectivity index (χ4n) is 3.23. The summed E-state index contributed by atoms with van der Waals surface area (Å²) in [5.74, 6) is 0.627. The Kier molecular flexibility index (Phi) is 3.77. The van der Waals surface area contributed by atoms with Gasteiger partial charge in [0.25, 0.3) is 0 Å². The molecule has 3 heteroatoms. The van der Waals surface area contributed by atoms with E-state index >= 15 is 0 Å². The number of carbonyl (C=O) groups excluding carboxylic acids is 1. The van der Waals surface area contributed by atoms with Gasteiger partial charge in [-0.1, -0.05) is 32.0 Å². The molecule has 0 aliphatic carbocycles. The molecule has 110 valence electrons. The Morgan fingerprint density at radius 3 is 2.95 bits per heavy atom. The fourth-order valence-corrected chi connectivity index (χ4v) is 3.23. The van der Waals surface area contributed by atoms with Crippen LogP contribution in [-0.2, 0) is 0 Å². The number of benzene rings is 1. The fraction of sp³-hybridized carbons (Fsp3) is 0.444. The molecule has 1 unspecified atom stereocenters. The van der Waals surface area contributed by atoms with E-state index in [4.69, 9.17) is 0 Å². The Labute approximate surface area is 125 Å². The number of ketones is 1. The molecule has 21 heavy (non-hydrogen) atoms. The Morgan fingerprint density at radius 2 is 2.19 bits per heavy atom. The van der Waals surface area contributed by atoms with Crippen LogP contribution in [0.1, 0.15) is 37.0 Å². The molecule has 0 spiro atoms. The maximum Gasteiger partial charge on any atom is 0.168 e. The molecule has 1 atom stereocenters. The van der Waals surface area contributed by atoms with Gasteiger partial charge in [-0.3, -0.25) is 9.78 Å². The van der Waals surface area contributed by atoms with Gasteiger partial charge in [0, 0.05) is 22.6 Å². The van der Waals surface area contributed by atoms with Crippen LogP contribution in [0.5, 0.6) is 0 Å². The summed E-state index contributed by atoms with van der Waals surface area (Å²) in [6.45, 7) is 6.16. The third-order valence-corrected chi connectivity index (χ3v) is 4.77. The van der Waals surface area contributed by atoms with Crippen molar-refractivity contribution in [2.45, 2.75) is 26.7 Å². The lowest BCUT2D eigenvalue weighted by molar-refractivity contribution is 0.0708. The zero-order valence-corrected chi connectivity index (χ0v) is 12.7. The van der Waals surface area contributed by atoms with Crippen molar-refractivity contribution in [3.8, 4) is 0 Å². The predicted molar refractivity (Wildman–Crippen MR) is 85.4 cm³/mol. The van der Waals surface area contributed by atoms with E-state index in [0.29, 0.717) is 5.92 Å². The molecule has 1 aliphatic heterocycles. The largest absolute Gasteiger partial charge is 0.316 e. The standard InChI is InChI=1S/C18H22N2O/c1-18(2,15-6-4-9-19-12-15)17(21)14-8-7-13-5-3-10-20-16(13)11-14/h3,5,7-8,10-11,15,19H,4,6,9,12H2,1-2H3. The van der Waals surface area contributed by atoms with Gasteiger partial charge < -0.3 is 5.32 Å². The molecule has 0 bridgehead atoms. The molecule has 0 radical (unpaired) electrons. The van der Waals surface area contributed by atoms with Gasteiger partial charge in [-0.15, -0.1) is 0 Å². The number of fused-ring (bicyclic) bond motifs is 1. The molecular formula is C18H22N2O. The first-order valence-corrected chi connectivity index (χ1v) is 7.69. The van der Waals surface area contributed by atoms with Gasteiger partial charge in [-0.2, -0.15) is 0 Å². The topological polar surface area (TPSA) is 42.0 Å². The first-order valence-electron chi connectivity index (χ1n) is 7.69. The van der Waals surface area contributed by atoms with E-state index in [2.05, 4.69) is 24.1 Å². The Balaban J connectivity index is 1.91. The zero-order chi connectivity index (χ0) is 14.9. The molecule has 3 nitrogen and oxygen atoms in total. The van der Waals surface area contributed by atoms with Crippen LogP contribution in [-0.4, -0.2) is 23.9 Å². The maximum absolute atomic E-state index is 13.0. The van der Waals surface area contributed by atoms with Crippen molar-refractivity contribution < 1.29 is 4.79 Å². The average molecular weight is 282 g/mol. The molecule has 2 heterocycles. The van der Waals surface area contributed by atoms with Crippen molar-refractivity contribution in [3.05, 3.63) is 42.1 Å². The van der Waals surface area contributed by atoms with Crippen LogP contribution in [0.3, 0.4) is 0 Å². The summed E-state index contributed by atoms with van der Waals surface area (Å²) in [7, 11) is 0. The third-order valence-electron chi connectivity index (χ3n) is 4.77. The Hall–Kier alpha value is -1.74. The number of rotatable bonds is 3. The predicted octanol–water partition coefficient (Wildman–Crippen LogP) is 3.44. The van der Waals surface area contributed by atoms with E-state index in [1.54, 1.807) is 6.20 Å². The molecule has 3 rings (SSSR count). The number of carbonyl (C=O) groups is 1. The molecule has 1 aromatic heterocycles. The van der Waals surface area contributed by atoms with Gasteiger partial charge in [0.2, 0.25) is 0 Å². The van der Waals surface area contributed by atoms with E-state index < -0.39 is 0 Å². The highest BCUT2D eigenvalue weighted by atomic mass is 16.1. The summed E-state index contributed by atoms with van der Waals surface area (Å²) in [4.78, 5) is 17.3. The number of hydrogen-bond acceptors (Lipinski definition) is 3. The van der Waals surface area contributed by atoms with Crippen LogP contribution in [0.15, 0.2) is 36.5 Å². The lowest BCUT2D eigenvalue weighted by atomic mass is 9.70. The van der Waals surface area contributed by atoms with Crippen LogP contribution >= 0.6 is 0 Å². The number of nitrogens with zero attached hydrogens (tertiary/aromatic N) is 1. The number of hydrogen-bond donors (Lipinski definition) is 1. The Bertz CT molecular complexity index is 657. The first kappa shape index (κ1) is 14.2. The Morgan fingerprint density at radius 1 is 1.33 bits per heavy atom. The van der Waals surface area contributed by atoms with Crippen molar-refractivity contribution in [1.29, 1.82) is 0 Å². The third kappa shape index (κ3) is 2.70. The molecule has 1 aliphatic rings. The van der Waals surface area contributed by atoms with Gasteiger partial charge in [-0.25, -0.2) is 0 Å². The van der Waals surface area contributed by atoms with Crippen molar-refractivity contribution in [2.75, 3.05) is 13.1 Å². The quantitative estimate of drug-likeness (QED) is 0.877. The molecule has 1 saturated heterocycles. The van der Waals surface area contributed by atoms with Crippen molar-refractivity contribution >= 4 is 16.7 Å². The number of pyridine rings is 1. The van der Waals surface area contributed by atoms with Gasteiger partial charge in [-0.05, 0) is 44.0 Å². The summed E-state index contributed by atoms with van der Waals surface area (Å²) in [5, 5.41) is 4.49. The van der Waals surface area contributed by atoms with E-state index in [1.807, 2.05) is 30.3 Å². The number of aromatic nitrogens is 1. The lowest BCUT2D eigenvalue weighted by Crippen LogP contribution is -2.42. The second kappa shape index (κ2) is 5.57. The molecule has 0 saturated carbocycles. The molecule has 2 aromatic rings. The molecule has 1 aromatic carbocycles.